The van der Waals surface area contributed by atoms with Crippen LogP contribution >= 0.6 is 0 Å². The summed E-state index contributed by atoms with van der Waals surface area (Å²) in [7, 11) is 1.27. The minimum Gasteiger partial charge on any atom is -0.466 e. The summed E-state index contributed by atoms with van der Waals surface area (Å²) in [6.07, 6.45) is 5.26. The SMILES string of the molecule is COC(=O)/C=C/c1ccc(OC(=O)C[C@H](C)OC(C)=O)c(/C=C/C(C)(C)OO)c1. The van der Waals surface area contributed by atoms with E-state index >= 15 is 0 Å². The van der Waals surface area contributed by atoms with Gasteiger partial charge in [-0.3, -0.25) is 14.8 Å². The lowest BCUT2D eigenvalue weighted by molar-refractivity contribution is -0.296. The summed E-state index contributed by atoms with van der Waals surface area (Å²) in [5, 5.41) is 8.94. The Balaban J connectivity index is 3.10. The van der Waals surface area contributed by atoms with Gasteiger partial charge in [0.15, 0.2) is 0 Å². The number of methoxy groups -OCH3 is 1. The minimum absolute atomic E-state index is 0.113. The molecular weight excluding hydrogens is 380 g/mol. The molecule has 0 saturated heterocycles. The Kier molecular flexibility index (Phi) is 9.24. The average molecular weight is 406 g/mol. The van der Waals surface area contributed by atoms with Gasteiger partial charge in [0.1, 0.15) is 17.5 Å². The molecule has 1 atom stereocenters. The van der Waals surface area contributed by atoms with Crippen molar-refractivity contribution in [3.8, 4) is 5.75 Å². The molecule has 0 saturated carbocycles. The Morgan fingerprint density at radius 2 is 1.90 bits per heavy atom. The third-order valence-corrected chi connectivity index (χ3v) is 3.59. The first-order valence-electron chi connectivity index (χ1n) is 8.86. The van der Waals surface area contributed by atoms with E-state index < -0.39 is 29.6 Å². The summed E-state index contributed by atoms with van der Waals surface area (Å²) < 4.78 is 14.9. The first-order valence-corrected chi connectivity index (χ1v) is 8.86. The minimum atomic E-state index is -0.969. The molecule has 29 heavy (non-hydrogen) atoms. The molecule has 0 fully saturated rings. The number of ether oxygens (including phenoxy) is 3. The highest BCUT2D eigenvalue weighted by Gasteiger charge is 2.17. The maximum absolute atomic E-state index is 12.2. The molecule has 8 heteroatoms. The van der Waals surface area contributed by atoms with E-state index in [1.54, 1.807) is 57.2 Å². The Bertz CT molecular complexity index is 792. The van der Waals surface area contributed by atoms with Gasteiger partial charge < -0.3 is 14.2 Å². The first kappa shape index (κ1) is 24.1. The van der Waals surface area contributed by atoms with Crippen LogP contribution in [0.3, 0.4) is 0 Å². The molecule has 1 aromatic rings. The average Bonchev–Trinajstić information content (AvgIpc) is 2.64. The highest BCUT2D eigenvalue weighted by Crippen LogP contribution is 2.25. The van der Waals surface area contributed by atoms with E-state index in [0.717, 1.165) is 0 Å². The summed E-state index contributed by atoms with van der Waals surface area (Å²) in [6.45, 7) is 6.12. The van der Waals surface area contributed by atoms with Gasteiger partial charge in [0.25, 0.3) is 0 Å². The van der Waals surface area contributed by atoms with Gasteiger partial charge >= 0.3 is 17.9 Å². The molecule has 0 aliphatic rings. The normalized spacial score (nSPS) is 12.8. The Labute approximate surface area is 169 Å². The molecule has 0 aromatic heterocycles. The lowest BCUT2D eigenvalue weighted by Crippen LogP contribution is -2.20. The second-order valence-electron chi connectivity index (χ2n) is 6.78. The van der Waals surface area contributed by atoms with Crippen LogP contribution in [-0.4, -0.2) is 42.0 Å². The van der Waals surface area contributed by atoms with Crippen molar-refractivity contribution in [3.05, 3.63) is 41.5 Å². The van der Waals surface area contributed by atoms with Crippen LogP contribution in [0.25, 0.3) is 12.2 Å². The van der Waals surface area contributed by atoms with E-state index in [9.17, 15) is 14.4 Å². The van der Waals surface area contributed by atoms with Crippen molar-refractivity contribution in [2.24, 2.45) is 0 Å². The number of hydrogen-bond donors (Lipinski definition) is 1. The zero-order valence-corrected chi connectivity index (χ0v) is 17.1. The largest absolute Gasteiger partial charge is 0.466 e. The molecule has 0 bridgehead atoms. The van der Waals surface area contributed by atoms with Crippen LogP contribution in [0, 0.1) is 0 Å². The zero-order chi connectivity index (χ0) is 22.0. The maximum Gasteiger partial charge on any atom is 0.330 e. The molecule has 0 radical (unpaired) electrons. The molecular formula is C21H26O8. The Morgan fingerprint density at radius 1 is 1.21 bits per heavy atom. The van der Waals surface area contributed by atoms with Crippen molar-refractivity contribution in [2.45, 2.75) is 45.8 Å². The molecule has 0 aliphatic heterocycles. The quantitative estimate of drug-likeness (QED) is 0.219. The fraction of sp³-hybridized carbons (Fsp3) is 0.381. The van der Waals surface area contributed by atoms with Crippen molar-refractivity contribution in [2.75, 3.05) is 7.11 Å². The van der Waals surface area contributed by atoms with Crippen molar-refractivity contribution in [1.29, 1.82) is 0 Å². The van der Waals surface area contributed by atoms with Gasteiger partial charge in [-0.15, -0.1) is 0 Å². The Hall–Kier alpha value is -2.97. The van der Waals surface area contributed by atoms with E-state index in [4.69, 9.17) is 14.7 Å². The maximum atomic E-state index is 12.2. The van der Waals surface area contributed by atoms with Crippen molar-refractivity contribution >= 4 is 30.1 Å². The topological polar surface area (TPSA) is 108 Å². The summed E-state index contributed by atoms with van der Waals surface area (Å²) in [6, 6.07) is 4.90. The molecule has 0 amide bonds. The van der Waals surface area contributed by atoms with Crippen LogP contribution in [0.1, 0.15) is 45.2 Å². The molecule has 0 unspecified atom stereocenters. The van der Waals surface area contributed by atoms with Gasteiger partial charge in [-0.05, 0) is 50.6 Å². The van der Waals surface area contributed by atoms with E-state index in [2.05, 4.69) is 9.62 Å². The van der Waals surface area contributed by atoms with Crippen LogP contribution in [0.2, 0.25) is 0 Å². The monoisotopic (exact) mass is 406 g/mol. The van der Waals surface area contributed by atoms with E-state index in [1.165, 1.54) is 20.1 Å². The molecule has 158 valence electrons. The highest BCUT2D eigenvalue weighted by molar-refractivity contribution is 5.87. The number of esters is 3. The summed E-state index contributed by atoms with van der Waals surface area (Å²) >= 11 is 0. The van der Waals surface area contributed by atoms with Gasteiger partial charge in [0.05, 0.1) is 13.5 Å². The molecule has 1 rings (SSSR count). The predicted octanol–water partition coefficient (Wildman–Crippen LogP) is 3.40. The van der Waals surface area contributed by atoms with Crippen molar-refractivity contribution in [3.63, 3.8) is 0 Å². The fourth-order valence-corrected chi connectivity index (χ4v) is 2.17. The van der Waals surface area contributed by atoms with Crippen LogP contribution in [0.4, 0.5) is 0 Å². The second kappa shape index (κ2) is 11.1. The second-order valence-corrected chi connectivity index (χ2v) is 6.78. The molecule has 0 aliphatic carbocycles. The van der Waals surface area contributed by atoms with Crippen molar-refractivity contribution < 1.29 is 38.7 Å². The summed E-state index contributed by atoms with van der Waals surface area (Å²) in [4.78, 5) is 38.8. The van der Waals surface area contributed by atoms with Gasteiger partial charge in [-0.2, -0.15) is 0 Å². The van der Waals surface area contributed by atoms with Crippen molar-refractivity contribution in [1.82, 2.24) is 0 Å². The predicted molar refractivity (Wildman–Crippen MR) is 106 cm³/mol. The lowest BCUT2D eigenvalue weighted by Gasteiger charge is -2.16. The van der Waals surface area contributed by atoms with Gasteiger partial charge in [-0.1, -0.05) is 12.1 Å². The van der Waals surface area contributed by atoms with Gasteiger partial charge in [-0.25, -0.2) is 9.68 Å². The number of benzene rings is 1. The third kappa shape index (κ3) is 9.18. The standard InChI is InChI=1S/C21H26O8/c1-14(27-15(2)22)12-20(24)28-18-8-6-16(7-9-19(23)26-5)13-17(18)10-11-21(3,4)29-25/h6-11,13-14,25H,12H2,1-5H3/b9-7+,11-10+/t14-/m0/s1. The van der Waals surface area contributed by atoms with Crippen LogP contribution in [0.5, 0.6) is 5.75 Å². The van der Waals surface area contributed by atoms with E-state index in [1.807, 2.05) is 0 Å². The lowest BCUT2D eigenvalue weighted by atomic mass is 10.0. The van der Waals surface area contributed by atoms with Crippen LogP contribution in [0.15, 0.2) is 30.4 Å². The Morgan fingerprint density at radius 3 is 2.48 bits per heavy atom. The number of carbonyl (C=O) groups excluding carboxylic acids is 3. The van der Waals surface area contributed by atoms with Gasteiger partial charge in [0, 0.05) is 18.6 Å². The molecule has 1 N–H and O–H groups in total. The number of rotatable bonds is 9. The summed E-state index contributed by atoms with van der Waals surface area (Å²) in [5.74, 6) is -1.32. The molecule has 1 aromatic carbocycles. The van der Waals surface area contributed by atoms with Gasteiger partial charge in [0.2, 0.25) is 0 Å². The summed E-state index contributed by atoms with van der Waals surface area (Å²) in [5.41, 5.74) is 0.199. The van der Waals surface area contributed by atoms with Crippen LogP contribution in [-0.2, 0) is 28.7 Å². The smallest absolute Gasteiger partial charge is 0.330 e. The third-order valence-electron chi connectivity index (χ3n) is 3.59. The fourth-order valence-electron chi connectivity index (χ4n) is 2.17. The zero-order valence-electron chi connectivity index (χ0n) is 17.1. The molecule has 0 heterocycles. The van der Waals surface area contributed by atoms with E-state index in [-0.39, 0.29) is 12.2 Å². The molecule has 8 nitrogen and oxygen atoms in total. The molecule has 0 spiro atoms. The van der Waals surface area contributed by atoms with Crippen LogP contribution < -0.4 is 4.74 Å². The highest BCUT2D eigenvalue weighted by atomic mass is 17.1. The van der Waals surface area contributed by atoms with E-state index in [0.29, 0.717) is 11.1 Å². The number of carbonyl (C=O) groups is 3. The number of hydrogen-bond acceptors (Lipinski definition) is 8. The first-order chi connectivity index (χ1) is 13.6.